The predicted molar refractivity (Wildman–Crippen MR) is 116 cm³/mol. The molecule has 0 aromatic heterocycles. The Bertz CT molecular complexity index is 778. The largest absolute Gasteiger partial charge is 0.387 e. The Hall–Kier alpha value is -2.09. The van der Waals surface area contributed by atoms with Crippen LogP contribution in [0.3, 0.4) is 0 Å². The van der Waals surface area contributed by atoms with Gasteiger partial charge in [0.05, 0.1) is 18.0 Å². The normalized spacial score (nSPS) is 22.6. The maximum atomic E-state index is 12.2. The fraction of sp³-hybridized carbons (Fsp3) is 0.524. The molecule has 0 spiro atoms. The number of hydrogen-bond acceptors (Lipinski definition) is 6. The fourth-order valence-electron chi connectivity index (χ4n) is 3.81. The van der Waals surface area contributed by atoms with E-state index in [4.69, 9.17) is 11.6 Å². The number of aliphatic imine (C=N–C) groups is 1. The van der Waals surface area contributed by atoms with Crippen LogP contribution in [0.1, 0.15) is 38.9 Å². The van der Waals surface area contributed by atoms with Crippen molar-refractivity contribution in [3.63, 3.8) is 0 Å². The van der Waals surface area contributed by atoms with E-state index in [1.54, 1.807) is 18.5 Å². The second-order valence-corrected chi connectivity index (χ2v) is 8.48. The summed E-state index contributed by atoms with van der Waals surface area (Å²) in [4.78, 5) is 21.0. The van der Waals surface area contributed by atoms with Crippen LogP contribution in [-0.2, 0) is 4.79 Å². The maximum absolute atomic E-state index is 12.2. The first-order chi connectivity index (χ1) is 13.8. The molecule has 7 nitrogen and oxygen atoms in total. The third kappa shape index (κ3) is 5.29. The molecule has 2 heterocycles. The van der Waals surface area contributed by atoms with Gasteiger partial charge < -0.3 is 20.6 Å². The summed E-state index contributed by atoms with van der Waals surface area (Å²) in [7, 11) is 0. The zero-order valence-electron chi connectivity index (χ0n) is 17.2. The predicted octanol–water partition coefficient (Wildman–Crippen LogP) is 2.09. The number of carbonyl (C=O) groups excluding carboxylic acids is 1. The molecule has 0 bridgehead atoms. The van der Waals surface area contributed by atoms with Crippen molar-refractivity contribution in [3.8, 4) is 0 Å². The molecule has 0 aliphatic carbocycles. The standard InChI is InChI=1S/C21H30ClN5O2/c1-4-20(29)27-10-9-26(13-21(27,2)3)19-11-18(24-14-25-19)23-12-17(28)15-5-7-16(22)8-6-15/h5-8,11,14,17,19,23,28H,4,9-10,12-13H2,1-3H3,(H,24,25). The van der Waals surface area contributed by atoms with Crippen molar-refractivity contribution < 1.29 is 9.90 Å². The highest BCUT2D eigenvalue weighted by molar-refractivity contribution is 6.30. The van der Waals surface area contributed by atoms with E-state index < -0.39 is 6.10 Å². The van der Waals surface area contributed by atoms with Crippen LogP contribution >= 0.6 is 11.6 Å². The van der Waals surface area contributed by atoms with Gasteiger partial charge in [-0.2, -0.15) is 0 Å². The Kier molecular flexibility index (Phi) is 6.82. The summed E-state index contributed by atoms with van der Waals surface area (Å²) in [6.07, 6.45) is 3.47. The maximum Gasteiger partial charge on any atom is 0.222 e. The number of nitrogens with zero attached hydrogens (tertiary/aromatic N) is 3. The first-order valence-electron chi connectivity index (χ1n) is 10.0. The van der Waals surface area contributed by atoms with Crippen molar-refractivity contribution in [2.75, 3.05) is 26.2 Å². The first-order valence-corrected chi connectivity index (χ1v) is 10.4. The van der Waals surface area contributed by atoms with E-state index in [9.17, 15) is 9.90 Å². The zero-order chi connectivity index (χ0) is 21.0. The molecule has 3 rings (SSSR count). The minimum atomic E-state index is -0.644. The lowest BCUT2D eigenvalue weighted by Crippen LogP contribution is -2.62. The molecule has 1 fully saturated rings. The molecule has 2 aliphatic heterocycles. The summed E-state index contributed by atoms with van der Waals surface area (Å²) in [5.41, 5.74) is 0.569. The van der Waals surface area contributed by atoms with Gasteiger partial charge in [-0.15, -0.1) is 0 Å². The van der Waals surface area contributed by atoms with Crippen molar-refractivity contribution in [3.05, 3.63) is 46.7 Å². The van der Waals surface area contributed by atoms with Crippen LogP contribution < -0.4 is 10.6 Å². The highest BCUT2D eigenvalue weighted by Crippen LogP contribution is 2.24. The summed E-state index contributed by atoms with van der Waals surface area (Å²) < 4.78 is 0. The molecule has 2 unspecified atom stereocenters. The van der Waals surface area contributed by atoms with E-state index in [2.05, 4.69) is 34.4 Å². The minimum absolute atomic E-state index is 0.107. The third-order valence-corrected chi connectivity index (χ3v) is 5.66. The number of nitrogens with one attached hydrogen (secondary N) is 2. The number of benzene rings is 1. The lowest BCUT2D eigenvalue weighted by atomic mass is 9.97. The van der Waals surface area contributed by atoms with Crippen LogP contribution in [0.15, 0.2) is 41.2 Å². The van der Waals surface area contributed by atoms with Crippen molar-refractivity contribution in [1.82, 2.24) is 20.4 Å². The number of halogens is 1. The highest BCUT2D eigenvalue weighted by atomic mass is 35.5. The van der Waals surface area contributed by atoms with Gasteiger partial charge in [0.15, 0.2) is 0 Å². The number of piperazine rings is 1. The van der Waals surface area contributed by atoms with Gasteiger partial charge in [0.2, 0.25) is 5.91 Å². The molecule has 1 amide bonds. The number of amides is 1. The number of aliphatic hydroxyl groups is 1. The van der Waals surface area contributed by atoms with Gasteiger partial charge in [-0.1, -0.05) is 30.7 Å². The lowest BCUT2D eigenvalue weighted by Gasteiger charge is -2.48. The Balaban J connectivity index is 1.59. The smallest absolute Gasteiger partial charge is 0.222 e. The molecule has 1 aromatic carbocycles. The topological polar surface area (TPSA) is 80.2 Å². The third-order valence-electron chi connectivity index (χ3n) is 5.41. The Morgan fingerprint density at radius 1 is 1.38 bits per heavy atom. The van der Waals surface area contributed by atoms with Crippen molar-refractivity contribution in [2.45, 2.75) is 45.0 Å². The van der Waals surface area contributed by atoms with E-state index in [0.717, 1.165) is 24.5 Å². The van der Waals surface area contributed by atoms with Crippen LogP contribution in [0.4, 0.5) is 0 Å². The van der Waals surface area contributed by atoms with Gasteiger partial charge in [0, 0.05) is 37.6 Å². The van der Waals surface area contributed by atoms with Crippen molar-refractivity contribution in [1.29, 1.82) is 0 Å². The average Bonchev–Trinajstić information content (AvgIpc) is 2.71. The summed E-state index contributed by atoms with van der Waals surface area (Å²) in [5.74, 6) is 1.00. The molecule has 29 heavy (non-hydrogen) atoms. The fourth-order valence-corrected chi connectivity index (χ4v) is 3.94. The van der Waals surface area contributed by atoms with Crippen LogP contribution in [0.25, 0.3) is 0 Å². The second-order valence-electron chi connectivity index (χ2n) is 8.05. The second kappa shape index (κ2) is 9.15. The van der Waals surface area contributed by atoms with Gasteiger partial charge in [-0.3, -0.25) is 14.7 Å². The van der Waals surface area contributed by atoms with E-state index in [0.29, 0.717) is 24.5 Å². The summed E-state index contributed by atoms with van der Waals surface area (Å²) in [5, 5.41) is 17.4. The molecule has 2 aliphatic rings. The summed E-state index contributed by atoms with van der Waals surface area (Å²) in [6, 6.07) is 7.18. The lowest BCUT2D eigenvalue weighted by molar-refractivity contribution is -0.140. The first kappa shape index (κ1) is 21.6. The SMILES string of the molecule is CCC(=O)N1CCN(C2C=C(NCC(O)c3ccc(Cl)cc3)NC=N2)CC1(C)C. The Labute approximate surface area is 177 Å². The average molecular weight is 420 g/mol. The Morgan fingerprint density at radius 2 is 2.10 bits per heavy atom. The molecular formula is C21H30ClN5O2. The molecule has 1 saturated heterocycles. The summed E-state index contributed by atoms with van der Waals surface area (Å²) in [6.45, 7) is 8.69. The van der Waals surface area contributed by atoms with E-state index in [-0.39, 0.29) is 17.6 Å². The van der Waals surface area contributed by atoms with Crippen molar-refractivity contribution in [2.24, 2.45) is 4.99 Å². The molecule has 0 radical (unpaired) electrons. The number of hydrogen-bond donors (Lipinski definition) is 3. The van der Waals surface area contributed by atoms with Gasteiger partial charge in [0.25, 0.3) is 0 Å². The van der Waals surface area contributed by atoms with E-state index in [1.165, 1.54) is 0 Å². The zero-order valence-corrected chi connectivity index (χ0v) is 18.0. The van der Waals surface area contributed by atoms with Gasteiger partial charge >= 0.3 is 0 Å². The van der Waals surface area contributed by atoms with Crippen LogP contribution in [0.2, 0.25) is 5.02 Å². The van der Waals surface area contributed by atoms with E-state index >= 15 is 0 Å². The minimum Gasteiger partial charge on any atom is -0.387 e. The molecule has 0 saturated carbocycles. The number of carbonyl (C=O) groups is 1. The van der Waals surface area contributed by atoms with Gasteiger partial charge in [-0.25, -0.2) is 0 Å². The van der Waals surface area contributed by atoms with Crippen LogP contribution in [0.5, 0.6) is 0 Å². The van der Waals surface area contributed by atoms with Crippen LogP contribution in [0, 0.1) is 0 Å². The number of aliphatic hydroxyl groups excluding tert-OH is 1. The Morgan fingerprint density at radius 3 is 2.76 bits per heavy atom. The quantitative estimate of drug-likeness (QED) is 0.658. The molecule has 158 valence electrons. The highest BCUT2D eigenvalue weighted by Gasteiger charge is 2.38. The van der Waals surface area contributed by atoms with Crippen molar-refractivity contribution >= 4 is 23.8 Å². The summed E-state index contributed by atoms with van der Waals surface area (Å²) >= 11 is 5.90. The number of rotatable bonds is 6. The molecule has 8 heteroatoms. The van der Waals surface area contributed by atoms with E-state index in [1.807, 2.05) is 30.0 Å². The van der Waals surface area contributed by atoms with Gasteiger partial charge in [-0.05, 0) is 37.6 Å². The monoisotopic (exact) mass is 419 g/mol. The van der Waals surface area contributed by atoms with Gasteiger partial charge in [0.1, 0.15) is 12.0 Å². The molecule has 1 aromatic rings. The molecule has 3 N–H and O–H groups in total. The molecular weight excluding hydrogens is 390 g/mol. The molecule has 2 atom stereocenters. The van der Waals surface area contributed by atoms with Crippen LogP contribution in [-0.4, -0.2) is 65.0 Å².